The van der Waals surface area contributed by atoms with Crippen molar-refractivity contribution in [2.45, 2.75) is 26.7 Å². The van der Waals surface area contributed by atoms with Crippen LogP contribution in [0.5, 0.6) is 17.2 Å². The van der Waals surface area contributed by atoms with Crippen LogP contribution >= 0.6 is 46.0 Å². The zero-order valence-electron chi connectivity index (χ0n) is 22.3. The zero-order chi connectivity index (χ0) is 29.0. The monoisotopic (exact) mass is 691 g/mol. The van der Waals surface area contributed by atoms with E-state index in [1.54, 1.807) is 36.4 Å². The molecule has 4 rings (SSSR count). The number of nitrogens with zero attached hydrogens (tertiary/aromatic N) is 1. The van der Waals surface area contributed by atoms with E-state index in [4.69, 9.17) is 25.8 Å². The number of methoxy groups -OCH3 is 1. The SMILES string of the molecule is COc1cc(/C=C2\SC(=O)N(CCOc3cc(C)ccc3C(C)C)C2=O)cc(I)c1OC(=O)c1cccc(Cl)c1. The van der Waals surface area contributed by atoms with Crippen molar-refractivity contribution in [3.8, 4) is 17.2 Å². The van der Waals surface area contributed by atoms with Gasteiger partial charge in [0.05, 0.1) is 27.7 Å². The lowest BCUT2D eigenvalue weighted by molar-refractivity contribution is -0.123. The average Bonchev–Trinajstić information content (AvgIpc) is 3.17. The number of imide groups is 1. The fourth-order valence-electron chi connectivity index (χ4n) is 4.02. The molecule has 3 aromatic rings. The predicted octanol–water partition coefficient (Wildman–Crippen LogP) is 7.72. The second kappa shape index (κ2) is 13.1. The Balaban J connectivity index is 1.47. The molecular formula is C30H27ClINO6S. The molecule has 10 heteroatoms. The molecule has 1 heterocycles. The topological polar surface area (TPSA) is 82.1 Å². The van der Waals surface area contributed by atoms with Crippen molar-refractivity contribution < 1.29 is 28.6 Å². The number of ether oxygens (including phenoxy) is 3. The first-order valence-electron chi connectivity index (χ1n) is 12.4. The Morgan fingerprint density at radius 3 is 2.58 bits per heavy atom. The van der Waals surface area contributed by atoms with Crippen LogP contribution < -0.4 is 14.2 Å². The predicted molar refractivity (Wildman–Crippen MR) is 166 cm³/mol. The van der Waals surface area contributed by atoms with Crippen LogP contribution in [-0.4, -0.2) is 42.3 Å². The molecule has 40 heavy (non-hydrogen) atoms. The van der Waals surface area contributed by atoms with Gasteiger partial charge in [-0.25, -0.2) is 4.79 Å². The molecule has 0 N–H and O–H groups in total. The Bertz CT molecular complexity index is 1510. The van der Waals surface area contributed by atoms with E-state index in [2.05, 4.69) is 13.8 Å². The number of aryl methyl sites for hydroxylation is 1. The number of hydrogen-bond acceptors (Lipinski definition) is 7. The van der Waals surface area contributed by atoms with Gasteiger partial charge in [-0.2, -0.15) is 0 Å². The number of esters is 1. The average molecular weight is 692 g/mol. The summed E-state index contributed by atoms with van der Waals surface area (Å²) in [5, 5.41) is 0.0596. The van der Waals surface area contributed by atoms with Crippen LogP contribution in [0.25, 0.3) is 6.08 Å². The Morgan fingerprint density at radius 1 is 1.10 bits per heavy atom. The van der Waals surface area contributed by atoms with Crippen LogP contribution in [-0.2, 0) is 4.79 Å². The minimum atomic E-state index is -0.582. The lowest BCUT2D eigenvalue weighted by atomic mass is 10.0. The third-order valence-electron chi connectivity index (χ3n) is 6.04. The van der Waals surface area contributed by atoms with E-state index in [-0.39, 0.29) is 35.0 Å². The Labute approximate surface area is 256 Å². The number of rotatable bonds is 9. The van der Waals surface area contributed by atoms with Crippen LogP contribution in [0.1, 0.15) is 46.8 Å². The van der Waals surface area contributed by atoms with Gasteiger partial charge in [0, 0.05) is 5.02 Å². The molecule has 1 aliphatic rings. The molecule has 0 unspecified atom stereocenters. The van der Waals surface area contributed by atoms with E-state index in [1.807, 2.05) is 47.7 Å². The maximum absolute atomic E-state index is 13.1. The summed E-state index contributed by atoms with van der Waals surface area (Å²) in [5.41, 5.74) is 3.07. The number of amides is 2. The van der Waals surface area contributed by atoms with E-state index in [1.165, 1.54) is 18.1 Å². The maximum atomic E-state index is 13.1. The lowest BCUT2D eigenvalue weighted by Gasteiger charge is -2.17. The first kappa shape index (κ1) is 30.0. The number of carbonyl (C=O) groups is 3. The summed E-state index contributed by atoms with van der Waals surface area (Å²) in [5.74, 6) is 0.614. The molecule has 0 atom stereocenters. The van der Waals surface area contributed by atoms with Gasteiger partial charge in [-0.3, -0.25) is 14.5 Å². The number of benzene rings is 3. The van der Waals surface area contributed by atoms with Crippen LogP contribution in [0.2, 0.25) is 5.02 Å². The molecule has 7 nitrogen and oxygen atoms in total. The van der Waals surface area contributed by atoms with Crippen molar-refractivity contribution in [2.24, 2.45) is 0 Å². The number of carbonyl (C=O) groups excluding carboxylic acids is 3. The summed E-state index contributed by atoms with van der Waals surface area (Å²) in [6.07, 6.45) is 1.62. The lowest BCUT2D eigenvalue weighted by Crippen LogP contribution is -2.32. The molecule has 1 aliphatic heterocycles. The summed E-state index contributed by atoms with van der Waals surface area (Å²) in [6, 6.07) is 15.9. The molecule has 0 aliphatic carbocycles. The minimum absolute atomic E-state index is 0.132. The van der Waals surface area contributed by atoms with Gasteiger partial charge >= 0.3 is 5.97 Å². The van der Waals surface area contributed by atoms with Gasteiger partial charge in [0.15, 0.2) is 11.5 Å². The molecule has 208 valence electrons. The van der Waals surface area contributed by atoms with E-state index < -0.39 is 11.9 Å². The van der Waals surface area contributed by atoms with Gasteiger partial charge in [-0.05, 0) is 106 Å². The smallest absolute Gasteiger partial charge is 0.343 e. The zero-order valence-corrected chi connectivity index (χ0v) is 26.1. The molecule has 0 saturated carbocycles. The Hall–Kier alpha value is -3.02. The summed E-state index contributed by atoms with van der Waals surface area (Å²) in [7, 11) is 1.46. The second-order valence-electron chi connectivity index (χ2n) is 9.31. The van der Waals surface area contributed by atoms with E-state index >= 15 is 0 Å². The van der Waals surface area contributed by atoms with Gasteiger partial charge in [0.2, 0.25) is 0 Å². The minimum Gasteiger partial charge on any atom is -0.493 e. The first-order chi connectivity index (χ1) is 19.1. The van der Waals surface area contributed by atoms with Crippen LogP contribution in [0, 0.1) is 10.5 Å². The van der Waals surface area contributed by atoms with Gasteiger partial charge in [-0.15, -0.1) is 0 Å². The summed E-state index contributed by atoms with van der Waals surface area (Å²) >= 11 is 8.89. The molecule has 0 spiro atoms. The number of thioether (sulfide) groups is 1. The maximum Gasteiger partial charge on any atom is 0.343 e. The normalized spacial score (nSPS) is 14.3. The van der Waals surface area contributed by atoms with E-state index in [9.17, 15) is 14.4 Å². The van der Waals surface area contributed by atoms with E-state index in [0.29, 0.717) is 25.5 Å². The molecule has 0 radical (unpaired) electrons. The van der Waals surface area contributed by atoms with Gasteiger partial charge < -0.3 is 14.2 Å². The Morgan fingerprint density at radius 2 is 1.88 bits per heavy atom. The standard InChI is InChI=1S/C30H27ClINO6S/c1-17(2)22-9-8-18(3)12-24(22)38-11-10-33-28(34)26(40-30(33)36)15-19-13-23(32)27(25(14-19)37-4)39-29(35)20-6-5-7-21(31)16-20/h5-9,12-17H,10-11H2,1-4H3/b26-15-. The first-order valence-corrected chi connectivity index (χ1v) is 14.7. The van der Waals surface area contributed by atoms with Crippen LogP contribution in [0.3, 0.4) is 0 Å². The molecule has 1 fully saturated rings. The van der Waals surface area contributed by atoms with Crippen molar-refractivity contribution in [2.75, 3.05) is 20.3 Å². The van der Waals surface area contributed by atoms with Crippen LogP contribution in [0.15, 0.2) is 59.5 Å². The fourth-order valence-corrected chi connectivity index (χ4v) is 5.81. The fraction of sp³-hybridized carbons (Fsp3) is 0.233. The highest BCUT2D eigenvalue weighted by Crippen LogP contribution is 2.38. The number of halogens is 2. The highest BCUT2D eigenvalue weighted by atomic mass is 127. The highest BCUT2D eigenvalue weighted by molar-refractivity contribution is 14.1. The largest absolute Gasteiger partial charge is 0.493 e. The van der Waals surface area contributed by atoms with Crippen LogP contribution in [0.4, 0.5) is 4.79 Å². The third-order valence-corrected chi connectivity index (χ3v) is 7.99. The summed E-state index contributed by atoms with van der Waals surface area (Å²) in [4.78, 5) is 39.9. The Kier molecular flexibility index (Phi) is 9.81. The molecular weight excluding hydrogens is 665 g/mol. The van der Waals surface area contributed by atoms with Crippen molar-refractivity contribution >= 4 is 69.1 Å². The quantitative estimate of drug-likeness (QED) is 0.0984. The molecule has 3 aromatic carbocycles. The van der Waals surface area contributed by atoms with Gasteiger partial charge in [0.1, 0.15) is 12.4 Å². The second-order valence-corrected chi connectivity index (χ2v) is 11.9. The molecule has 0 bridgehead atoms. The summed E-state index contributed by atoms with van der Waals surface area (Å²) < 4.78 is 17.6. The van der Waals surface area contributed by atoms with Crippen molar-refractivity contribution in [1.82, 2.24) is 4.90 Å². The third kappa shape index (κ3) is 7.00. The summed E-state index contributed by atoms with van der Waals surface area (Å²) in [6.45, 7) is 6.49. The van der Waals surface area contributed by atoms with Gasteiger partial charge in [-0.1, -0.05) is 43.6 Å². The number of hydrogen-bond donors (Lipinski definition) is 0. The van der Waals surface area contributed by atoms with Gasteiger partial charge in [0.25, 0.3) is 11.1 Å². The van der Waals surface area contributed by atoms with Crippen molar-refractivity contribution in [3.05, 3.63) is 90.3 Å². The molecule has 1 saturated heterocycles. The van der Waals surface area contributed by atoms with Crippen molar-refractivity contribution in [1.29, 1.82) is 0 Å². The van der Waals surface area contributed by atoms with E-state index in [0.717, 1.165) is 28.6 Å². The molecule has 0 aromatic heterocycles. The molecule has 2 amide bonds. The van der Waals surface area contributed by atoms with Crippen molar-refractivity contribution in [3.63, 3.8) is 0 Å². The highest BCUT2D eigenvalue weighted by Gasteiger charge is 2.35.